The van der Waals surface area contributed by atoms with Gasteiger partial charge in [0.1, 0.15) is 0 Å². The molecule has 1 aliphatic rings. The molecule has 0 aromatic rings. The van der Waals surface area contributed by atoms with Crippen LogP contribution >= 0.6 is 0 Å². The molecule has 0 aromatic carbocycles. The Balaban J connectivity index is 0.000000249. The van der Waals surface area contributed by atoms with E-state index < -0.39 is 0 Å². The fraction of sp³-hybridized carbons (Fsp3) is 0.286. The van der Waals surface area contributed by atoms with Crippen LogP contribution < -0.4 is 0 Å². The lowest BCUT2D eigenvalue weighted by Gasteiger charge is -1.88. The fourth-order valence-electron chi connectivity index (χ4n) is 0.949. The Morgan fingerprint density at radius 2 is 1.64 bits per heavy atom. The second-order valence-corrected chi connectivity index (χ2v) is 2.96. The molecule has 76 valence electrons. The van der Waals surface area contributed by atoms with E-state index in [0.717, 1.165) is 12.8 Å². The van der Waals surface area contributed by atoms with Crippen LogP contribution in [0.2, 0.25) is 0 Å². The van der Waals surface area contributed by atoms with Crippen molar-refractivity contribution >= 4 is 0 Å². The van der Waals surface area contributed by atoms with Crippen molar-refractivity contribution in [2.45, 2.75) is 25.7 Å². The summed E-state index contributed by atoms with van der Waals surface area (Å²) in [6.45, 7) is 7.14. The van der Waals surface area contributed by atoms with E-state index in [4.69, 9.17) is 0 Å². The van der Waals surface area contributed by atoms with Gasteiger partial charge in [-0.2, -0.15) is 0 Å². The molecule has 0 nitrogen and oxygen atoms in total. The number of hydrogen-bond acceptors (Lipinski definition) is 0. The standard InChI is InChI=1S/C8H12.C6H8/c1-3-5-7-8-6-4-2;1-2-4-6-5-3-1/h3-5,7H,1-2,6,8H2;1-4H,5-6H2/b7-5+;. The highest BCUT2D eigenvalue weighted by Crippen LogP contribution is 1.98. The molecule has 14 heavy (non-hydrogen) atoms. The number of allylic oxidation sites excluding steroid dienone is 8. The van der Waals surface area contributed by atoms with Gasteiger partial charge in [-0.3, -0.25) is 0 Å². The highest BCUT2D eigenvalue weighted by atomic mass is 13.8. The molecule has 1 rings (SSSR count). The Morgan fingerprint density at radius 1 is 1.00 bits per heavy atom. The van der Waals surface area contributed by atoms with E-state index in [1.54, 1.807) is 6.08 Å². The van der Waals surface area contributed by atoms with Gasteiger partial charge in [0.2, 0.25) is 0 Å². The molecule has 0 heterocycles. The average Bonchev–Trinajstić information content (AvgIpc) is 2.28. The monoisotopic (exact) mass is 188 g/mol. The van der Waals surface area contributed by atoms with E-state index in [-0.39, 0.29) is 0 Å². The number of hydrogen-bond donors (Lipinski definition) is 0. The minimum atomic E-state index is 1.06. The maximum absolute atomic E-state index is 3.60. The fourth-order valence-corrected chi connectivity index (χ4v) is 0.949. The molecule has 0 saturated heterocycles. The molecule has 0 amide bonds. The highest BCUT2D eigenvalue weighted by Gasteiger charge is 1.77. The van der Waals surface area contributed by atoms with E-state index in [2.05, 4.69) is 43.5 Å². The molecular formula is C14H20. The molecule has 0 radical (unpaired) electrons. The van der Waals surface area contributed by atoms with Gasteiger partial charge in [0.15, 0.2) is 0 Å². The van der Waals surface area contributed by atoms with Crippen molar-refractivity contribution in [1.29, 1.82) is 0 Å². The summed E-state index contributed by atoms with van der Waals surface area (Å²) in [4.78, 5) is 0. The van der Waals surface area contributed by atoms with Crippen LogP contribution in [-0.2, 0) is 0 Å². The molecule has 0 spiro atoms. The molecule has 0 aliphatic heterocycles. The topological polar surface area (TPSA) is 0 Å². The van der Waals surface area contributed by atoms with Crippen molar-refractivity contribution in [3.8, 4) is 0 Å². The van der Waals surface area contributed by atoms with Gasteiger partial charge in [0.05, 0.1) is 0 Å². The zero-order valence-electron chi connectivity index (χ0n) is 8.86. The smallest absolute Gasteiger partial charge is 0.0313 e. The highest BCUT2D eigenvalue weighted by molar-refractivity contribution is 5.07. The van der Waals surface area contributed by atoms with E-state index in [1.807, 2.05) is 12.2 Å². The van der Waals surface area contributed by atoms with Crippen LogP contribution in [0, 0.1) is 0 Å². The minimum Gasteiger partial charge on any atom is -0.103 e. The summed E-state index contributed by atoms with van der Waals surface area (Å²) in [5, 5.41) is 0. The van der Waals surface area contributed by atoms with Crippen molar-refractivity contribution < 1.29 is 0 Å². The minimum absolute atomic E-state index is 1.06. The first kappa shape index (κ1) is 12.7. The molecule has 0 aromatic heterocycles. The summed E-state index contributed by atoms with van der Waals surface area (Å²) in [6, 6.07) is 0. The van der Waals surface area contributed by atoms with E-state index in [1.165, 1.54) is 12.8 Å². The normalized spacial score (nSPS) is 13.4. The summed E-state index contributed by atoms with van der Waals surface area (Å²) in [5.41, 5.74) is 0. The lowest BCUT2D eigenvalue weighted by molar-refractivity contribution is 1.04. The molecule has 0 heteroatoms. The third-order valence-electron chi connectivity index (χ3n) is 1.69. The van der Waals surface area contributed by atoms with Crippen molar-refractivity contribution in [2.75, 3.05) is 0 Å². The van der Waals surface area contributed by atoms with Crippen LogP contribution in [0.15, 0.2) is 61.8 Å². The Kier molecular flexibility index (Phi) is 10.6. The lowest BCUT2D eigenvalue weighted by Crippen LogP contribution is -1.67. The predicted octanol–water partition coefficient (Wildman–Crippen LogP) is 4.59. The molecular weight excluding hydrogens is 168 g/mol. The van der Waals surface area contributed by atoms with E-state index in [0.29, 0.717) is 0 Å². The van der Waals surface area contributed by atoms with E-state index >= 15 is 0 Å². The number of rotatable bonds is 4. The van der Waals surface area contributed by atoms with Gasteiger partial charge >= 0.3 is 0 Å². The summed E-state index contributed by atoms with van der Waals surface area (Å²) in [5.74, 6) is 0. The van der Waals surface area contributed by atoms with Crippen molar-refractivity contribution in [2.24, 2.45) is 0 Å². The average molecular weight is 188 g/mol. The first-order valence-corrected chi connectivity index (χ1v) is 5.12. The number of unbranched alkanes of at least 4 members (excludes halogenated alkanes) is 1. The SMILES string of the molecule is C1=CCCC=C1.C=C/C=C/CCC=C. The quantitative estimate of drug-likeness (QED) is 0.344. The molecule has 0 N–H and O–H groups in total. The van der Waals surface area contributed by atoms with Gasteiger partial charge in [-0.25, -0.2) is 0 Å². The van der Waals surface area contributed by atoms with Gasteiger partial charge in [0, 0.05) is 0 Å². The van der Waals surface area contributed by atoms with Crippen LogP contribution in [0.4, 0.5) is 0 Å². The van der Waals surface area contributed by atoms with Crippen molar-refractivity contribution in [1.82, 2.24) is 0 Å². The third-order valence-corrected chi connectivity index (χ3v) is 1.69. The largest absolute Gasteiger partial charge is 0.103 e. The molecule has 0 bridgehead atoms. The molecule has 0 unspecified atom stereocenters. The third kappa shape index (κ3) is 10.7. The van der Waals surface area contributed by atoms with Crippen molar-refractivity contribution in [3.63, 3.8) is 0 Å². The zero-order valence-corrected chi connectivity index (χ0v) is 8.86. The van der Waals surface area contributed by atoms with Crippen LogP contribution in [0.3, 0.4) is 0 Å². The van der Waals surface area contributed by atoms with Crippen molar-refractivity contribution in [3.05, 3.63) is 61.8 Å². The molecule has 0 saturated carbocycles. The van der Waals surface area contributed by atoms with Gasteiger partial charge in [-0.1, -0.05) is 55.2 Å². The summed E-state index contributed by atoms with van der Waals surface area (Å²) < 4.78 is 0. The second-order valence-electron chi connectivity index (χ2n) is 2.96. The molecule has 0 atom stereocenters. The molecule has 0 fully saturated rings. The van der Waals surface area contributed by atoms with Crippen LogP contribution in [-0.4, -0.2) is 0 Å². The Bertz CT molecular complexity index is 204. The first-order chi connectivity index (χ1) is 6.91. The second kappa shape index (κ2) is 11.7. The Morgan fingerprint density at radius 3 is 2.00 bits per heavy atom. The summed E-state index contributed by atoms with van der Waals surface area (Å²) in [6.07, 6.45) is 20.9. The van der Waals surface area contributed by atoms with Gasteiger partial charge in [-0.15, -0.1) is 6.58 Å². The summed E-state index contributed by atoms with van der Waals surface area (Å²) >= 11 is 0. The van der Waals surface area contributed by atoms with Gasteiger partial charge in [-0.05, 0) is 25.7 Å². The lowest BCUT2D eigenvalue weighted by atomic mass is 10.2. The van der Waals surface area contributed by atoms with Gasteiger partial charge in [0.25, 0.3) is 0 Å². The van der Waals surface area contributed by atoms with Gasteiger partial charge < -0.3 is 0 Å². The maximum Gasteiger partial charge on any atom is -0.0313 e. The zero-order chi connectivity index (χ0) is 10.5. The first-order valence-electron chi connectivity index (χ1n) is 5.12. The maximum atomic E-state index is 3.60. The Labute approximate surface area is 88.0 Å². The van der Waals surface area contributed by atoms with Crippen LogP contribution in [0.5, 0.6) is 0 Å². The van der Waals surface area contributed by atoms with Crippen LogP contribution in [0.1, 0.15) is 25.7 Å². The Hall–Kier alpha value is -1.30. The summed E-state index contributed by atoms with van der Waals surface area (Å²) in [7, 11) is 0. The van der Waals surface area contributed by atoms with Crippen LogP contribution in [0.25, 0.3) is 0 Å². The molecule has 1 aliphatic carbocycles. The van der Waals surface area contributed by atoms with E-state index in [9.17, 15) is 0 Å². The predicted molar refractivity (Wildman–Crippen MR) is 66.3 cm³/mol.